The number of piperidine rings is 1. The maximum absolute atomic E-state index is 11.2. The molecule has 4 heteroatoms. The van der Waals surface area contributed by atoms with E-state index < -0.39 is 0 Å². The number of carbonyl (C=O) groups is 1. The molecule has 0 aliphatic carbocycles. The second kappa shape index (κ2) is 5.19. The van der Waals surface area contributed by atoms with E-state index in [1.807, 2.05) is 4.90 Å². The second-order valence-corrected chi connectivity index (χ2v) is 3.52. The van der Waals surface area contributed by atoms with E-state index in [9.17, 15) is 4.79 Å². The van der Waals surface area contributed by atoms with Crippen molar-refractivity contribution < 1.29 is 9.63 Å². The van der Waals surface area contributed by atoms with Crippen LogP contribution >= 0.6 is 0 Å². The number of hydrogen-bond acceptors (Lipinski definition) is 3. The molecular formula is C9H18N2O2. The monoisotopic (exact) mass is 186 g/mol. The second-order valence-electron chi connectivity index (χ2n) is 3.52. The van der Waals surface area contributed by atoms with Gasteiger partial charge in [-0.05, 0) is 25.7 Å². The SMILES string of the molecule is CC(=O)N1CCCCC1CCON. The van der Waals surface area contributed by atoms with Crippen LogP contribution in [0.15, 0.2) is 0 Å². The van der Waals surface area contributed by atoms with Gasteiger partial charge in [-0.3, -0.25) is 4.79 Å². The fourth-order valence-corrected chi connectivity index (χ4v) is 1.92. The van der Waals surface area contributed by atoms with Crippen LogP contribution in [0.2, 0.25) is 0 Å². The van der Waals surface area contributed by atoms with Crippen LogP contribution in [0, 0.1) is 0 Å². The van der Waals surface area contributed by atoms with E-state index in [2.05, 4.69) is 4.84 Å². The van der Waals surface area contributed by atoms with E-state index in [1.165, 1.54) is 6.42 Å². The molecule has 0 radical (unpaired) electrons. The molecule has 2 N–H and O–H groups in total. The molecule has 0 bridgehead atoms. The van der Waals surface area contributed by atoms with Gasteiger partial charge in [-0.15, -0.1) is 0 Å². The molecule has 76 valence electrons. The number of amides is 1. The van der Waals surface area contributed by atoms with Crippen molar-refractivity contribution in [2.75, 3.05) is 13.2 Å². The van der Waals surface area contributed by atoms with Crippen LogP contribution in [0.4, 0.5) is 0 Å². The first-order valence-corrected chi connectivity index (χ1v) is 4.84. The van der Waals surface area contributed by atoms with Crippen molar-refractivity contribution in [3.05, 3.63) is 0 Å². The minimum Gasteiger partial charge on any atom is -0.340 e. The molecule has 1 rings (SSSR count). The first kappa shape index (κ1) is 10.5. The van der Waals surface area contributed by atoms with Gasteiger partial charge in [0.1, 0.15) is 0 Å². The predicted molar refractivity (Wildman–Crippen MR) is 49.8 cm³/mol. The average Bonchev–Trinajstić information content (AvgIpc) is 2.15. The van der Waals surface area contributed by atoms with Gasteiger partial charge in [0.25, 0.3) is 0 Å². The van der Waals surface area contributed by atoms with Gasteiger partial charge in [0, 0.05) is 19.5 Å². The Labute approximate surface area is 79.0 Å². The van der Waals surface area contributed by atoms with Crippen molar-refractivity contribution in [1.82, 2.24) is 4.90 Å². The number of rotatable bonds is 3. The highest BCUT2D eigenvalue weighted by atomic mass is 16.6. The van der Waals surface area contributed by atoms with Crippen molar-refractivity contribution in [1.29, 1.82) is 0 Å². The van der Waals surface area contributed by atoms with E-state index in [-0.39, 0.29) is 5.91 Å². The Hall–Kier alpha value is -0.610. The molecule has 0 aromatic carbocycles. The Morgan fingerprint density at radius 1 is 1.62 bits per heavy atom. The van der Waals surface area contributed by atoms with Crippen LogP contribution in [0.3, 0.4) is 0 Å². The van der Waals surface area contributed by atoms with Crippen LogP contribution < -0.4 is 5.90 Å². The van der Waals surface area contributed by atoms with Gasteiger partial charge in [-0.2, -0.15) is 0 Å². The molecular weight excluding hydrogens is 168 g/mol. The fraction of sp³-hybridized carbons (Fsp3) is 0.889. The molecule has 1 amide bonds. The lowest BCUT2D eigenvalue weighted by Gasteiger charge is -2.34. The minimum absolute atomic E-state index is 0.168. The van der Waals surface area contributed by atoms with Gasteiger partial charge < -0.3 is 9.74 Å². The van der Waals surface area contributed by atoms with E-state index in [4.69, 9.17) is 5.90 Å². The average molecular weight is 186 g/mol. The van der Waals surface area contributed by atoms with Gasteiger partial charge in [-0.25, -0.2) is 5.90 Å². The first-order valence-electron chi connectivity index (χ1n) is 4.84. The van der Waals surface area contributed by atoms with Gasteiger partial charge in [0.05, 0.1) is 6.61 Å². The molecule has 0 saturated carbocycles. The Morgan fingerprint density at radius 2 is 2.38 bits per heavy atom. The summed E-state index contributed by atoms with van der Waals surface area (Å²) in [7, 11) is 0. The van der Waals surface area contributed by atoms with Gasteiger partial charge in [-0.1, -0.05) is 0 Å². The largest absolute Gasteiger partial charge is 0.340 e. The van der Waals surface area contributed by atoms with E-state index in [1.54, 1.807) is 6.92 Å². The summed E-state index contributed by atoms with van der Waals surface area (Å²) in [5.74, 6) is 5.13. The van der Waals surface area contributed by atoms with Gasteiger partial charge in [0.2, 0.25) is 5.91 Å². The van der Waals surface area contributed by atoms with Crippen molar-refractivity contribution in [2.45, 2.75) is 38.6 Å². The van der Waals surface area contributed by atoms with Crippen molar-refractivity contribution >= 4 is 5.91 Å². The van der Waals surface area contributed by atoms with Crippen molar-refractivity contribution in [3.8, 4) is 0 Å². The van der Waals surface area contributed by atoms with E-state index in [0.717, 1.165) is 25.8 Å². The molecule has 1 unspecified atom stereocenters. The van der Waals surface area contributed by atoms with Crippen LogP contribution in [0.1, 0.15) is 32.6 Å². The molecule has 0 aromatic heterocycles. The molecule has 1 aliphatic heterocycles. The molecule has 0 spiro atoms. The third kappa shape index (κ3) is 2.97. The lowest BCUT2D eigenvalue weighted by molar-refractivity contribution is -0.132. The number of carbonyl (C=O) groups excluding carboxylic acids is 1. The highest BCUT2D eigenvalue weighted by Crippen LogP contribution is 2.19. The number of nitrogens with zero attached hydrogens (tertiary/aromatic N) is 1. The van der Waals surface area contributed by atoms with Gasteiger partial charge in [0.15, 0.2) is 0 Å². The summed E-state index contributed by atoms with van der Waals surface area (Å²) in [5, 5.41) is 0. The Bertz CT molecular complexity index is 173. The molecule has 0 aromatic rings. The lowest BCUT2D eigenvalue weighted by atomic mass is 10.00. The number of likely N-dealkylation sites (tertiary alicyclic amines) is 1. The minimum atomic E-state index is 0.168. The standard InChI is InChI=1S/C9H18N2O2/c1-8(12)11-6-3-2-4-9(11)5-7-13-10/h9H,2-7,10H2,1H3. The zero-order chi connectivity index (χ0) is 9.68. The van der Waals surface area contributed by atoms with Crippen molar-refractivity contribution in [2.24, 2.45) is 5.90 Å². The van der Waals surface area contributed by atoms with E-state index >= 15 is 0 Å². The molecule has 13 heavy (non-hydrogen) atoms. The highest BCUT2D eigenvalue weighted by Gasteiger charge is 2.23. The quantitative estimate of drug-likeness (QED) is 0.659. The van der Waals surface area contributed by atoms with E-state index in [0.29, 0.717) is 12.6 Å². The summed E-state index contributed by atoms with van der Waals surface area (Å²) in [6, 6.07) is 0.342. The molecule has 1 saturated heterocycles. The molecule has 1 heterocycles. The van der Waals surface area contributed by atoms with Crippen molar-refractivity contribution in [3.63, 3.8) is 0 Å². The Kier molecular flexibility index (Phi) is 4.18. The molecule has 1 atom stereocenters. The van der Waals surface area contributed by atoms with Crippen LogP contribution in [-0.4, -0.2) is 30.0 Å². The highest BCUT2D eigenvalue weighted by molar-refractivity contribution is 5.73. The fourth-order valence-electron chi connectivity index (χ4n) is 1.92. The first-order chi connectivity index (χ1) is 6.25. The summed E-state index contributed by atoms with van der Waals surface area (Å²) < 4.78 is 0. The molecule has 4 nitrogen and oxygen atoms in total. The normalized spacial score (nSPS) is 23.2. The summed E-state index contributed by atoms with van der Waals surface area (Å²) >= 11 is 0. The summed E-state index contributed by atoms with van der Waals surface area (Å²) in [4.78, 5) is 17.7. The Morgan fingerprint density at radius 3 is 3.00 bits per heavy atom. The maximum Gasteiger partial charge on any atom is 0.219 e. The zero-order valence-electron chi connectivity index (χ0n) is 8.16. The van der Waals surface area contributed by atoms with Crippen LogP contribution in [-0.2, 0) is 9.63 Å². The zero-order valence-corrected chi connectivity index (χ0v) is 8.16. The summed E-state index contributed by atoms with van der Waals surface area (Å²) in [5.41, 5.74) is 0. The maximum atomic E-state index is 11.2. The Balaban J connectivity index is 2.41. The topological polar surface area (TPSA) is 55.6 Å². The predicted octanol–water partition coefficient (Wildman–Crippen LogP) is 0.668. The lowest BCUT2D eigenvalue weighted by Crippen LogP contribution is -2.43. The number of nitrogens with two attached hydrogens (primary N) is 1. The molecule has 1 aliphatic rings. The summed E-state index contributed by atoms with van der Waals surface area (Å²) in [6.07, 6.45) is 4.28. The third-order valence-electron chi connectivity index (χ3n) is 2.60. The number of hydrogen-bond donors (Lipinski definition) is 1. The third-order valence-corrected chi connectivity index (χ3v) is 2.60. The summed E-state index contributed by atoms with van der Waals surface area (Å²) in [6.45, 7) is 3.06. The molecule has 1 fully saturated rings. The van der Waals surface area contributed by atoms with Gasteiger partial charge >= 0.3 is 0 Å². The smallest absolute Gasteiger partial charge is 0.219 e. The van der Waals surface area contributed by atoms with Crippen LogP contribution in [0.5, 0.6) is 0 Å². The van der Waals surface area contributed by atoms with Crippen LogP contribution in [0.25, 0.3) is 0 Å².